The number of nitrogens with zero attached hydrogens (tertiary/aromatic N) is 2. The lowest BCUT2D eigenvalue weighted by Crippen LogP contribution is -2.24. The van der Waals surface area contributed by atoms with Gasteiger partial charge in [-0.3, -0.25) is 0 Å². The van der Waals surface area contributed by atoms with E-state index in [9.17, 15) is 0 Å². The first-order valence-corrected chi connectivity index (χ1v) is 7.41. The lowest BCUT2D eigenvalue weighted by Gasteiger charge is -2.18. The van der Waals surface area contributed by atoms with Crippen LogP contribution >= 0.6 is 11.3 Å². The number of imidazole rings is 1. The van der Waals surface area contributed by atoms with Gasteiger partial charge in [0, 0.05) is 24.2 Å². The zero-order chi connectivity index (χ0) is 12.8. The first kappa shape index (κ1) is 13.3. The molecule has 0 fully saturated rings. The van der Waals surface area contributed by atoms with Gasteiger partial charge in [0.15, 0.2) is 0 Å². The molecule has 2 aromatic rings. The molecule has 98 valence electrons. The smallest absolute Gasteiger partial charge is 0.0946 e. The monoisotopic (exact) mass is 263 g/mol. The van der Waals surface area contributed by atoms with Gasteiger partial charge in [-0.1, -0.05) is 13.0 Å². The zero-order valence-electron chi connectivity index (χ0n) is 11.1. The summed E-state index contributed by atoms with van der Waals surface area (Å²) in [6.07, 6.45) is 7.26. The van der Waals surface area contributed by atoms with Gasteiger partial charge in [0.2, 0.25) is 0 Å². The van der Waals surface area contributed by atoms with Gasteiger partial charge in [0.25, 0.3) is 0 Å². The highest BCUT2D eigenvalue weighted by Crippen LogP contribution is 2.20. The summed E-state index contributed by atoms with van der Waals surface area (Å²) in [5.74, 6) is 0. The molecule has 0 bridgehead atoms. The van der Waals surface area contributed by atoms with Gasteiger partial charge in [-0.25, -0.2) is 4.98 Å². The minimum Gasteiger partial charge on any atom is -0.336 e. The molecule has 2 aromatic heterocycles. The van der Waals surface area contributed by atoms with Crippen LogP contribution in [0.3, 0.4) is 0 Å². The normalized spacial score (nSPS) is 12.8. The molecule has 0 radical (unpaired) electrons. The van der Waals surface area contributed by atoms with Crippen molar-refractivity contribution in [1.29, 1.82) is 0 Å². The minimum absolute atomic E-state index is 0.402. The Hall–Kier alpha value is -1.13. The SMILES string of the molecule is CCCNC(CCc1cccs1)c1cncn1C. The van der Waals surface area contributed by atoms with Gasteiger partial charge in [-0.2, -0.15) is 0 Å². The van der Waals surface area contributed by atoms with E-state index >= 15 is 0 Å². The summed E-state index contributed by atoms with van der Waals surface area (Å²) >= 11 is 1.84. The van der Waals surface area contributed by atoms with E-state index in [0.717, 1.165) is 25.8 Å². The topological polar surface area (TPSA) is 29.9 Å². The van der Waals surface area contributed by atoms with E-state index in [1.54, 1.807) is 0 Å². The summed E-state index contributed by atoms with van der Waals surface area (Å²) in [6.45, 7) is 3.26. The Morgan fingerprint density at radius 2 is 2.39 bits per heavy atom. The molecular weight excluding hydrogens is 242 g/mol. The molecule has 0 saturated carbocycles. The second-order valence-corrected chi connectivity index (χ2v) is 5.59. The van der Waals surface area contributed by atoms with E-state index in [0.29, 0.717) is 6.04 Å². The van der Waals surface area contributed by atoms with Crippen molar-refractivity contribution in [3.8, 4) is 0 Å². The summed E-state index contributed by atoms with van der Waals surface area (Å²) in [5, 5.41) is 5.77. The van der Waals surface area contributed by atoms with Crippen LogP contribution in [0.25, 0.3) is 0 Å². The van der Waals surface area contributed by atoms with Crippen LogP contribution in [0.5, 0.6) is 0 Å². The van der Waals surface area contributed by atoms with Crippen molar-refractivity contribution in [2.45, 2.75) is 32.2 Å². The third-order valence-electron chi connectivity index (χ3n) is 3.11. The van der Waals surface area contributed by atoms with Crippen molar-refractivity contribution in [1.82, 2.24) is 14.9 Å². The Labute approximate surface area is 113 Å². The largest absolute Gasteiger partial charge is 0.336 e. The zero-order valence-corrected chi connectivity index (χ0v) is 11.9. The van der Waals surface area contributed by atoms with Crippen LogP contribution in [0.4, 0.5) is 0 Å². The molecule has 0 spiro atoms. The van der Waals surface area contributed by atoms with Crippen molar-refractivity contribution in [3.05, 3.63) is 40.6 Å². The van der Waals surface area contributed by atoms with E-state index in [2.05, 4.69) is 46.4 Å². The highest BCUT2D eigenvalue weighted by atomic mass is 32.1. The van der Waals surface area contributed by atoms with Crippen molar-refractivity contribution in [2.75, 3.05) is 6.54 Å². The Balaban J connectivity index is 1.99. The van der Waals surface area contributed by atoms with Gasteiger partial charge >= 0.3 is 0 Å². The minimum atomic E-state index is 0.402. The second-order valence-electron chi connectivity index (χ2n) is 4.55. The van der Waals surface area contributed by atoms with E-state index < -0.39 is 0 Å². The Kier molecular flexibility index (Phi) is 4.96. The summed E-state index contributed by atoms with van der Waals surface area (Å²) in [5.41, 5.74) is 1.28. The molecule has 2 heterocycles. The third-order valence-corrected chi connectivity index (χ3v) is 4.05. The summed E-state index contributed by atoms with van der Waals surface area (Å²) in [6, 6.07) is 4.74. The Morgan fingerprint density at radius 1 is 1.50 bits per heavy atom. The quantitative estimate of drug-likeness (QED) is 0.831. The predicted molar refractivity (Wildman–Crippen MR) is 76.9 cm³/mol. The summed E-state index contributed by atoms with van der Waals surface area (Å²) < 4.78 is 2.11. The number of thiophene rings is 1. The molecule has 1 atom stereocenters. The number of hydrogen-bond acceptors (Lipinski definition) is 3. The van der Waals surface area contributed by atoms with Crippen LogP contribution in [0, 0.1) is 0 Å². The third kappa shape index (κ3) is 3.43. The molecule has 18 heavy (non-hydrogen) atoms. The van der Waals surface area contributed by atoms with Crippen LogP contribution in [0.2, 0.25) is 0 Å². The van der Waals surface area contributed by atoms with Crippen LogP contribution in [-0.2, 0) is 13.5 Å². The van der Waals surface area contributed by atoms with Gasteiger partial charge in [-0.15, -0.1) is 11.3 Å². The van der Waals surface area contributed by atoms with Crippen LogP contribution in [0.1, 0.15) is 36.4 Å². The highest BCUT2D eigenvalue weighted by molar-refractivity contribution is 7.09. The number of hydrogen-bond donors (Lipinski definition) is 1. The van der Waals surface area contributed by atoms with E-state index in [-0.39, 0.29) is 0 Å². The van der Waals surface area contributed by atoms with Gasteiger partial charge in [0.1, 0.15) is 0 Å². The molecule has 0 aliphatic rings. The predicted octanol–water partition coefficient (Wildman–Crippen LogP) is 3.16. The highest BCUT2D eigenvalue weighted by Gasteiger charge is 2.14. The van der Waals surface area contributed by atoms with Crippen LogP contribution < -0.4 is 5.32 Å². The maximum Gasteiger partial charge on any atom is 0.0946 e. The molecule has 0 aliphatic carbocycles. The molecule has 0 saturated heterocycles. The van der Waals surface area contributed by atoms with Crippen molar-refractivity contribution >= 4 is 11.3 Å². The number of aromatic nitrogens is 2. The number of aryl methyl sites for hydroxylation is 2. The average molecular weight is 263 g/mol. The molecule has 0 aliphatic heterocycles. The molecule has 4 heteroatoms. The number of nitrogens with one attached hydrogen (secondary N) is 1. The molecule has 1 unspecified atom stereocenters. The Bertz CT molecular complexity index is 447. The van der Waals surface area contributed by atoms with Crippen molar-refractivity contribution in [2.24, 2.45) is 7.05 Å². The van der Waals surface area contributed by atoms with Gasteiger partial charge < -0.3 is 9.88 Å². The molecule has 0 amide bonds. The van der Waals surface area contributed by atoms with E-state index in [1.165, 1.54) is 10.6 Å². The fourth-order valence-electron chi connectivity index (χ4n) is 2.12. The maximum atomic E-state index is 4.22. The maximum absolute atomic E-state index is 4.22. The fraction of sp³-hybridized carbons (Fsp3) is 0.500. The average Bonchev–Trinajstić information content (AvgIpc) is 3.01. The van der Waals surface area contributed by atoms with Crippen LogP contribution in [-0.4, -0.2) is 16.1 Å². The van der Waals surface area contributed by atoms with Crippen molar-refractivity contribution < 1.29 is 0 Å². The lowest BCUT2D eigenvalue weighted by molar-refractivity contribution is 0.478. The summed E-state index contributed by atoms with van der Waals surface area (Å²) in [7, 11) is 2.06. The molecule has 1 N–H and O–H groups in total. The van der Waals surface area contributed by atoms with Gasteiger partial charge in [0.05, 0.1) is 12.0 Å². The first-order valence-electron chi connectivity index (χ1n) is 6.53. The summed E-state index contributed by atoms with van der Waals surface area (Å²) in [4.78, 5) is 5.68. The molecular formula is C14H21N3S. The molecule has 0 aromatic carbocycles. The first-order chi connectivity index (χ1) is 8.81. The molecule has 2 rings (SSSR count). The fourth-order valence-corrected chi connectivity index (χ4v) is 2.84. The molecule has 3 nitrogen and oxygen atoms in total. The lowest BCUT2D eigenvalue weighted by atomic mass is 10.1. The second kappa shape index (κ2) is 6.71. The van der Waals surface area contributed by atoms with Crippen LogP contribution in [0.15, 0.2) is 30.0 Å². The standard InChI is InChI=1S/C14H21N3S/c1-3-8-16-13(14-10-15-11-17(14)2)7-6-12-5-4-9-18-12/h4-5,9-11,13,16H,3,6-8H2,1-2H3. The van der Waals surface area contributed by atoms with E-state index in [4.69, 9.17) is 0 Å². The number of rotatable bonds is 7. The Morgan fingerprint density at radius 3 is 3.00 bits per heavy atom. The van der Waals surface area contributed by atoms with Crippen molar-refractivity contribution in [3.63, 3.8) is 0 Å². The van der Waals surface area contributed by atoms with Gasteiger partial charge in [-0.05, 0) is 37.3 Å². The van der Waals surface area contributed by atoms with E-state index in [1.807, 2.05) is 23.9 Å².